The number of rotatable bonds is 6. The molecule has 0 fully saturated rings. The van der Waals surface area contributed by atoms with Gasteiger partial charge in [-0.05, 0) is 60.3 Å². The van der Waals surface area contributed by atoms with Crippen LogP contribution < -0.4 is 0 Å². The molecule has 0 aliphatic carbocycles. The van der Waals surface area contributed by atoms with E-state index in [1.807, 2.05) is 90.3 Å². The normalized spacial score (nSPS) is 12.4. The zero-order chi connectivity index (χ0) is 23.7. The van der Waals surface area contributed by atoms with E-state index in [2.05, 4.69) is 4.40 Å². The van der Waals surface area contributed by atoms with Crippen molar-refractivity contribution in [2.75, 3.05) is 0 Å². The molecule has 0 saturated carbocycles. The predicted octanol–water partition coefficient (Wildman–Crippen LogP) is 7.34. The molecule has 2 aromatic carbocycles. The summed E-state index contributed by atoms with van der Waals surface area (Å²) in [5.41, 5.74) is 3.83. The highest BCUT2D eigenvalue weighted by Gasteiger charge is 2.24. The Balaban J connectivity index is 1.75. The second-order valence-corrected chi connectivity index (χ2v) is 11.8. The lowest BCUT2D eigenvalue weighted by Crippen LogP contribution is -2.11. The number of sulfonamides is 1. The van der Waals surface area contributed by atoms with Gasteiger partial charge in [0.05, 0.1) is 11.2 Å². The van der Waals surface area contributed by atoms with Crippen LogP contribution in [0.5, 0.6) is 0 Å². The first-order valence-electron chi connectivity index (χ1n) is 10.4. The molecule has 0 radical (unpaired) electrons. The Kier molecular flexibility index (Phi) is 6.36. The SMILES string of the molecule is Cc1c(Sc2ccc(Cl)cc2)c2ccccn2c1/C(=N\S(=O)(=O)c1cccs1)c1ccccc1. The molecular weight excluding hydrogens is 504 g/mol. The molecule has 4 nitrogen and oxygen atoms in total. The number of halogens is 1. The second-order valence-electron chi connectivity index (χ2n) is 7.53. The van der Waals surface area contributed by atoms with Crippen molar-refractivity contribution < 1.29 is 8.42 Å². The molecule has 0 aliphatic rings. The maximum absolute atomic E-state index is 13.2. The lowest BCUT2D eigenvalue weighted by Gasteiger charge is -2.10. The van der Waals surface area contributed by atoms with Gasteiger partial charge in [0.15, 0.2) is 0 Å². The van der Waals surface area contributed by atoms with E-state index in [4.69, 9.17) is 11.6 Å². The number of pyridine rings is 1. The predicted molar refractivity (Wildman–Crippen MR) is 141 cm³/mol. The molecule has 3 heterocycles. The molecule has 0 bridgehead atoms. The van der Waals surface area contributed by atoms with Crippen LogP contribution >= 0.6 is 34.7 Å². The lowest BCUT2D eigenvalue weighted by atomic mass is 10.1. The Morgan fingerprint density at radius 2 is 1.68 bits per heavy atom. The van der Waals surface area contributed by atoms with Crippen molar-refractivity contribution in [2.24, 2.45) is 4.40 Å². The van der Waals surface area contributed by atoms with Crippen LogP contribution in [-0.2, 0) is 10.0 Å². The van der Waals surface area contributed by atoms with Crippen LogP contribution in [0.25, 0.3) is 5.52 Å². The van der Waals surface area contributed by atoms with E-state index in [9.17, 15) is 8.42 Å². The Bertz CT molecular complexity index is 1590. The maximum atomic E-state index is 13.2. The van der Waals surface area contributed by atoms with Crippen molar-refractivity contribution in [3.63, 3.8) is 0 Å². The van der Waals surface area contributed by atoms with Gasteiger partial charge in [0.1, 0.15) is 9.92 Å². The Labute approximate surface area is 211 Å². The van der Waals surface area contributed by atoms with Crippen LogP contribution in [0.15, 0.2) is 115 Å². The van der Waals surface area contributed by atoms with Gasteiger partial charge in [-0.2, -0.15) is 12.8 Å². The van der Waals surface area contributed by atoms with E-state index in [-0.39, 0.29) is 4.21 Å². The summed E-state index contributed by atoms with van der Waals surface area (Å²) in [6, 6.07) is 26.4. The summed E-state index contributed by atoms with van der Waals surface area (Å²) in [5.74, 6) is 0. The van der Waals surface area contributed by atoms with E-state index in [0.717, 1.165) is 43.5 Å². The van der Waals surface area contributed by atoms with Crippen molar-refractivity contribution >= 4 is 56.0 Å². The summed E-state index contributed by atoms with van der Waals surface area (Å²) >= 11 is 8.85. The van der Waals surface area contributed by atoms with Crippen molar-refractivity contribution in [1.29, 1.82) is 0 Å². The quantitative estimate of drug-likeness (QED) is 0.219. The number of hydrogen-bond acceptors (Lipinski definition) is 4. The first-order chi connectivity index (χ1) is 16.4. The molecule has 0 aliphatic heterocycles. The van der Waals surface area contributed by atoms with Crippen LogP contribution in [-0.4, -0.2) is 18.5 Å². The first-order valence-corrected chi connectivity index (χ1v) is 13.9. The van der Waals surface area contributed by atoms with E-state index >= 15 is 0 Å². The highest BCUT2D eigenvalue weighted by Crippen LogP contribution is 2.38. The largest absolute Gasteiger partial charge is 0.314 e. The number of fused-ring (bicyclic) bond motifs is 1. The minimum absolute atomic E-state index is 0.218. The minimum Gasteiger partial charge on any atom is -0.314 e. The fourth-order valence-corrected chi connectivity index (χ4v) is 6.89. The van der Waals surface area contributed by atoms with Crippen molar-refractivity contribution in [1.82, 2.24) is 4.40 Å². The van der Waals surface area contributed by atoms with Gasteiger partial charge < -0.3 is 4.40 Å². The average Bonchev–Trinajstić information content (AvgIpc) is 3.48. The van der Waals surface area contributed by atoms with Crippen molar-refractivity contribution in [3.8, 4) is 0 Å². The topological polar surface area (TPSA) is 50.9 Å². The third kappa shape index (κ3) is 4.44. The van der Waals surface area contributed by atoms with Gasteiger partial charge in [0, 0.05) is 26.6 Å². The summed E-state index contributed by atoms with van der Waals surface area (Å²) in [7, 11) is -3.88. The van der Waals surface area contributed by atoms with E-state index in [1.54, 1.807) is 29.3 Å². The maximum Gasteiger partial charge on any atom is 0.292 e. The van der Waals surface area contributed by atoms with Gasteiger partial charge >= 0.3 is 0 Å². The van der Waals surface area contributed by atoms with Crippen LogP contribution in [0.3, 0.4) is 0 Å². The van der Waals surface area contributed by atoms with E-state index < -0.39 is 10.0 Å². The van der Waals surface area contributed by atoms with Crippen molar-refractivity contribution in [3.05, 3.63) is 118 Å². The molecule has 34 heavy (non-hydrogen) atoms. The molecule has 0 atom stereocenters. The number of hydrogen-bond donors (Lipinski definition) is 0. The fourth-order valence-electron chi connectivity index (χ4n) is 3.75. The summed E-state index contributed by atoms with van der Waals surface area (Å²) in [5, 5.41) is 2.42. The molecule has 0 saturated heterocycles. The van der Waals surface area contributed by atoms with Gasteiger partial charge in [-0.1, -0.05) is 65.8 Å². The molecule has 3 aromatic heterocycles. The van der Waals surface area contributed by atoms with Gasteiger partial charge in [-0.25, -0.2) is 0 Å². The number of nitrogens with zero attached hydrogens (tertiary/aromatic N) is 2. The monoisotopic (exact) mass is 522 g/mol. The highest BCUT2D eigenvalue weighted by atomic mass is 35.5. The number of thiophene rings is 1. The summed E-state index contributed by atoms with van der Waals surface area (Å²) < 4.78 is 33.1. The first kappa shape index (κ1) is 22.9. The Morgan fingerprint density at radius 3 is 2.38 bits per heavy atom. The van der Waals surface area contributed by atoms with Crippen LogP contribution in [0.2, 0.25) is 5.02 Å². The molecule has 0 spiro atoms. The molecule has 8 heteroatoms. The minimum atomic E-state index is -3.88. The molecule has 5 aromatic rings. The number of aromatic nitrogens is 1. The summed E-state index contributed by atoms with van der Waals surface area (Å²) in [6.07, 6.45) is 1.94. The molecule has 5 rings (SSSR count). The molecule has 0 N–H and O–H groups in total. The van der Waals surface area contributed by atoms with Gasteiger partial charge in [0.2, 0.25) is 0 Å². The Hall–Kier alpha value is -2.84. The zero-order valence-electron chi connectivity index (χ0n) is 18.1. The highest BCUT2D eigenvalue weighted by molar-refractivity contribution is 7.99. The van der Waals surface area contributed by atoms with Crippen LogP contribution in [0.1, 0.15) is 16.8 Å². The standard InChI is InChI=1S/C26H19ClN2O2S3/c1-18-25(24(19-8-3-2-4-9-19)28-34(30,31)23-11-7-17-32-23)29-16-6-5-10-22(29)26(18)33-21-14-12-20(27)13-15-21/h2-17H,1H3/b28-24-. The molecule has 0 unspecified atom stereocenters. The van der Waals surface area contributed by atoms with Crippen LogP contribution in [0.4, 0.5) is 0 Å². The lowest BCUT2D eigenvalue weighted by molar-refractivity contribution is 0.600. The smallest absolute Gasteiger partial charge is 0.292 e. The third-order valence-corrected chi connectivity index (χ3v) is 9.42. The van der Waals surface area contributed by atoms with Gasteiger partial charge in [-0.15, -0.1) is 11.3 Å². The number of benzene rings is 2. The fraction of sp³-hybridized carbons (Fsp3) is 0.0385. The van der Waals surface area contributed by atoms with E-state index in [1.165, 1.54) is 0 Å². The molecular formula is C26H19ClN2O2S3. The molecule has 170 valence electrons. The molecule has 0 amide bonds. The average molecular weight is 523 g/mol. The zero-order valence-corrected chi connectivity index (χ0v) is 21.3. The summed E-state index contributed by atoms with van der Waals surface area (Å²) in [4.78, 5) is 2.08. The second kappa shape index (κ2) is 9.43. The van der Waals surface area contributed by atoms with Crippen LogP contribution in [0, 0.1) is 6.92 Å². The van der Waals surface area contributed by atoms with Gasteiger partial charge in [-0.3, -0.25) is 0 Å². The Morgan fingerprint density at radius 1 is 0.941 bits per heavy atom. The third-order valence-electron chi connectivity index (χ3n) is 5.30. The van der Waals surface area contributed by atoms with Gasteiger partial charge in [0.25, 0.3) is 10.0 Å². The van der Waals surface area contributed by atoms with E-state index in [0.29, 0.717) is 10.7 Å². The summed E-state index contributed by atoms with van der Waals surface area (Å²) in [6.45, 7) is 2.01. The van der Waals surface area contributed by atoms with Crippen molar-refractivity contribution in [2.45, 2.75) is 20.9 Å².